The van der Waals surface area contributed by atoms with Crippen molar-refractivity contribution in [3.8, 4) is 0 Å². The maximum Gasteiger partial charge on any atom is 0.225 e. The summed E-state index contributed by atoms with van der Waals surface area (Å²) in [4.78, 5) is 30.8. The number of nitrogens with two attached hydrogens (primary N) is 1. The van der Waals surface area contributed by atoms with Gasteiger partial charge in [0.25, 0.3) is 0 Å². The number of anilines is 1. The van der Waals surface area contributed by atoms with Gasteiger partial charge in [0.05, 0.1) is 0 Å². The fourth-order valence-corrected chi connectivity index (χ4v) is 3.34. The number of aliphatic imine (C=N–C) groups is 1. The molecule has 8 heteroatoms. The van der Waals surface area contributed by atoms with Gasteiger partial charge in [-0.3, -0.25) is 9.79 Å². The number of amides is 1. The van der Waals surface area contributed by atoms with Crippen LogP contribution in [0.4, 0.5) is 5.95 Å². The Morgan fingerprint density at radius 3 is 2.36 bits per heavy atom. The van der Waals surface area contributed by atoms with Gasteiger partial charge in [-0.2, -0.15) is 0 Å². The molecule has 2 aliphatic rings. The minimum Gasteiger partial charge on any atom is -0.370 e. The molecule has 0 bridgehead atoms. The molecule has 3 rings (SSSR count). The monoisotopic (exact) mass is 345 g/mol. The molecular weight excluding hydrogens is 318 g/mol. The van der Waals surface area contributed by atoms with E-state index < -0.39 is 0 Å². The summed E-state index contributed by atoms with van der Waals surface area (Å²) in [5, 5.41) is 0. The highest BCUT2D eigenvalue weighted by atomic mass is 16.2. The van der Waals surface area contributed by atoms with Crippen molar-refractivity contribution in [1.82, 2.24) is 19.8 Å². The molecule has 25 heavy (non-hydrogen) atoms. The molecule has 1 aromatic heterocycles. The summed E-state index contributed by atoms with van der Waals surface area (Å²) in [5.41, 5.74) is 6.19. The lowest BCUT2D eigenvalue weighted by atomic mass is 9.97. The molecular formula is C17H27N7O. The van der Waals surface area contributed by atoms with E-state index in [1.807, 2.05) is 11.0 Å². The van der Waals surface area contributed by atoms with Gasteiger partial charge in [-0.15, -0.1) is 0 Å². The first-order valence-electron chi connectivity index (χ1n) is 8.96. The molecule has 1 aromatic rings. The van der Waals surface area contributed by atoms with Gasteiger partial charge >= 0.3 is 0 Å². The van der Waals surface area contributed by atoms with Crippen LogP contribution < -0.4 is 10.6 Å². The van der Waals surface area contributed by atoms with Gasteiger partial charge in [-0.05, 0) is 24.8 Å². The summed E-state index contributed by atoms with van der Waals surface area (Å²) < 4.78 is 0. The van der Waals surface area contributed by atoms with Crippen LogP contribution in [0.1, 0.15) is 19.8 Å². The zero-order valence-electron chi connectivity index (χ0n) is 14.8. The molecule has 0 saturated carbocycles. The van der Waals surface area contributed by atoms with E-state index in [2.05, 4.69) is 24.8 Å². The van der Waals surface area contributed by atoms with Crippen LogP contribution in [0.2, 0.25) is 0 Å². The third-order valence-electron chi connectivity index (χ3n) is 5.01. The zero-order chi connectivity index (χ0) is 17.6. The van der Waals surface area contributed by atoms with Crippen molar-refractivity contribution < 1.29 is 4.79 Å². The summed E-state index contributed by atoms with van der Waals surface area (Å²) in [6.45, 7) is 7.41. The molecule has 2 saturated heterocycles. The largest absolute Gasteiger partial charge is 0.370 e. The Balaban J connectivity index is 1.44. The maximum absolute atomic E-state index is 11.4. The minimum absolute atomic E-state index is 0.168. The average molecular weight is 345 g/mol. The van der Waals surface area contributed by atoms with Crippen LogP contribution in [-0.2, 0) is 4.79 Å². The number of hydrogen-bond donors (Lipinski definition) is 1. The van der Waals surface area contributed by atoms with Crippen LogP contribution in [0.5, 0.6) is 0 Å². The Bertz CT molecular complexity index is 590. The van der Waals surface area contributed by atoms with Crippen molar-refractivity contribution in [2.24, 2.45) is 16.6 Å². The smallest absolute Gasteiger partial charge is 0.225 e. The Kier molecular flexibility index (Phi) is 5.67. The molecule has 2 N–H and O–H groups in total. The van der Waals surface area contributed by atoms with Crippen molar-refractivity contribution in [3.05, 3.63) is 18.5 Å². The van der Waals surface area contributed by atoms with Crippen molar-refractivity contribution in [3.63, 3.8) is 0 Å². The molecule has 2 aliphatic heterocycles. The molecule has 2 fully saturated rings. The van der Waals surface area contributed by atoms with E-state index in [4.69, 9.17) is 5.73 Å². The minimum atomic E-state index is 0.168. The second-order valence-corrected chi connectivity index (χ2v) is 6.67. The van der Waals surface area contributed by atoms with Crippen LogP contribution in [0.15, 0.2) is 23.5 Å². The number of piperidine rings is 1. The molecule has 0 aromatic carbocycles. The summed E-state index contributed by atoms with van der Waals surface area (Å²) >= 11 is 0. The van der Waals surface area contributed by atoms with E-state index in [9.17, 15) is 4.79 Å². The van der Waals surface area contributed by atoms with Crippen LogP contribution >= 0.6 is 0 Å². The first-order chi connectivity index (χ1) is 12.1. The SMILES string of the molecule is CC(=O)N1CCC(CN=C(N)N2CCN(c3ncccn3)CC2)CC1. The van der Waals surface area contributed by atoms with Gasteiger partial charge in [0.15, 0.2) is 5.96 Å². The van der Waals surface area contributed by atoms with Crippen LogP contribution in [0.3, 0.4) is 0 Å². The van der Waals surface area contributed by atoms with Gasteiger partial charge in [-0.1, -0.05) is 0 Å². The normalized spacial score (nSPS) is 20.0. The van der Waals surface area contributed by atoms with Gasteiger partial charge < -0.3 is 20.4 Å². The lowest BCUT2D eigenvalue weighted by Gasteiger charge is -2.35. The van der Waals surface area contributed by atoms with Crippen LogP contribution in [0.25, 0.3) is 0 Å². The fourth-order valence-electron chi connectivity index (χ4n) is 3.34. The summed E-state index contributed by atoms with van der Waals surface area (Å²) in [7, 11) is 0. The quantitative estimate of drug-likeness (QED) is 0.620. The van der Waals surface area contributed by atoms with Gasteiger partial charge in [0.1, 0.15) is 0 Å². The third-order valence-corrected chi connectivity index (χ3v) is 5.01. The number of likely N-dealkylation sites (tertiary alicyclic amines) is 1. The van der Waals surface area contributed by atoms with E-state index >= 15 is 0 Å². The topological polar surface area (TPSA) is 91.0 Å². The Morgan fingerprint density at radius 1 is 1.12 bits per heavy atom. The summed E-state index contributed by atoms with van der Waals surface area (Å²) in [6, 6.07) is 1.82. The highest BCUT2D eigenvalue weighted by molar-refractivity contribution is 5.78. The third kappa shape index (κ3) is 4.58. The van der Waals surface area contributed by atoms with Crippen molar-refractivity contribution >= 4 is 17.8 Å². The second-order valence-electron chi connectivity index (χ2n) is 6.67. The van der Waals surface area contributed by atoms with E-state index in [1.165, 1.54) is 0 Å². The molecule has 136 valence electrons. The van der Waals surface area contributed by atoms with Gasteiger partial charge in [-0.25, -0.2) is 9.97 Å². The molecule has 0 unspecified atom stereocenters. The number of nitrogens with zero attached hydrogens (tertiary/aromatic N) is 6. The Hall–Kier alpha value is -2.38. The number of rotatable bonds is 3. The fraction of sp³-hybridized carbons (Fsp3) is 0.647. The molecule has 0 spiro atoms. The zero-order valence-corrected chi connectivity index (χ0v) is 14.8. The summed E-state index contributed by atoms with van der Waals surface area (Å²) in [5.74, 6) is 2.09. The van der Waals surface area contributed by atoms with Crippen molar-refractivity contribution in [2.45, 2.75) is 19.8 Å². The van der Waals surface area contributed by atoms with Crippen LogP contribution in [-0.4, -0.2) is 77.4 Å². The highest BCUT2D eigenvalue weighted by Crippen LogP contribution is 2.17. The van der Waals surface area contributed by atoms with Gasteiger partial charge in [0, 0.05) is 65.1 Å². The standard InChI is InChI=1S/C17H27N7O/c1-14(25)22-7-3-15(4-8-22)13-21-16(18)23-9-11-24(12-10-23)17-19-5-2-6-20-17/h2,5-6,15H,3-4,7-13H2,1H3,(H2,18,21). The van der Waals surface area contributed by atoms with Crippen molar-refractivity contribution in [1.29, 1.82) is 0 Å². The second kappa shape index (κ2) is 8.13. The van der Waals surface area contributed by atoms with E-state index in [-0.39, 0.29) is 5.91 Å². The molecule has 0 atom stereocenters. The highest BCUT2D eigenvalue weighted by Gasteiger charge is 2.22. The lowest BCUT2D eigenvalue weighted by molar-refractivity contribution is -0.130. The first-order valence-corrected chi connectivity index (χ1v) is 8.96. The number of carbonyl (C=O) groups excluding carboxylic acids is 1. The molecule has 3 heterocycles. The maximum atomic E-state index is 11.4. The first kappa shape index (κ1) is 17.4. The number of hydrogen-bond acceptors (Lipinski definition) is 5. The van der Waals surface area contributed by atoms with E-state index in [1.54, 1.807) is 19.3 Å². The van der Waals surface area contributed by atoms with Gasteiger partial charge in [0.2, 0.25) is 11.9 Å². The number of guanidine groups is 1. The van der Waals surface area contributed by atoms with E-state index in [0.717, 1.165) is 64.6 Å². The average Bonchev–Trinajstić information content (AvgIpc) is 2.67. The number of carbonyl (C=O) groups is 1. The predicted molar refractivity (Wildman–Crippen MR) is 97.3 cm³/mol. The molecule has 0 radical (unpaired) electrons. The van der Waals surface area contributed by atoms with Crippen LogP contribution in [0, 0.1) is 5.92 Å². The number of piperazine rings is 1. The predicted octanol–water partition coefficient (Wildman–Crippen LogP) is 0.172. The lowest BCUT2D eigenvalue weighted by Crippen LogP contribution is -2.51. The Labute approximate surface area is 148 Å². The number of aromatic nitrogens is 2. The van der Waals surface area contributed by atoms with E-state index in [0.29, 0.717) is 11.9 Å². The summed E-state index contributed by atoms with van der Waals surface area (Å²) in [6.07, 6.45) is 5.55. The molecule has 8 nitrogen and oxygen atoms in total. The Morgan fingerprint density at radius 2 is 1.76 bits per heavy atom. The molecule has 1 amide bonds. The van der Waals surface area contributed by atoms with Crippen molar-refractivity contribution in [2.75, 3.05) is 50.7 Å². The molecule has 0 aliphatic carbocycles.